The maximum Gasteiger partial charge on any atom is 0.149 e. The third-order valence-electron chi connectivity index (χ3n) is 1.30. The lowest BCUT2D eigenvalue weighted by Gasteiger charge is -2.08. The van der Waals surface area contributed by atoms with Crippen LogP contribution in [0.15, 0.2) is 12.4 Å². The van der Waals surface area contributed by atoms with Gasteiger partial charge in [-0.15, -0.1) is 0 Å². The third kappa shape index (κ3) is 1.44. The van der Waals surface area contributed by atoms with Gasteiger partial charge in [0.25, 0.3) is 0 Å². The maximum atomic E-state index is 12.8. The Labute approximate surface area is 63.2 Å². The van der Waals surface area contributed by atoms with E-state index in [2.05, 4.69) is 4.98 Å². The molecule has 60 valence electrons. The zero-order chi connectivity index (χ0) is 8.43. The SMILES string of the molecule is Nc1cncc(F)c1C(N)N. The van der Waals surface area contributed by atoms with Crippen molar-refractivity contribution < 1.29 is 4.39 Å². The number of hydrogen-bond acceptors (Lipinski definition) is 4. The molecule has 0 saturated carbocycles. The van der Waals surface area contributed by atoms with Gasteiger partial charge in [0, 0.05) is 5.56 Å². The van der Waals surface area contributed by atoms with Gasteiger partial charge in [0.1, 0.15) is 5.82 Å². The number of nitrogens with two attached hydrogens (primary N) is 3. The van der Waals surface area contributed by atoms with Gasteiger partial charge in [-0.05, 0) is 0 Å². The quantitative estimate of drug-likeness (QED) is 0.487. The summed E-state index contributed by atoms with van der Waals surface area (Å²) in [7, 11) is 0. The summed E-state index contributed by atoms with van der Waals surface area (Å²) in [5, 5.41) is 0. The summed E-state index contributed by atoms with van der Waals surface area (Å²) >= 11 is 0. The third-order valence-corrected chi connectivity index (χ3v) is 1.30. The number of halogens is 1. The standard InChI is InChI=1S/C6H9FN4/c7-3-1-11-2-4(8)5(3)6(9)10/h1-2,6H,8-10H2. The highest BCUT2D eigenvalue weighted by atomic mass is 19.1. The number of rotatable bonds is 1. The van der Waals surface area contributed by atoms with Crippen LogP contribution in [0.2, 0.25) is 0 Å². The van der Waals surface area contributed by atoms with Crippen molar-refractivity contribution in [2.75, 3.05) is 5.73 Å². The molecular formula is C6H9FN4. The Hall–Kier alpha value is -1.20. The van der Waals surface area contributed by atoms with Crippen molar-refractivity contribution in [2.45, 2.75) is 6.17 Å². The highest BCUT2D eigenvalue weighted by molar-refractivity contribution is 5.46. The van der Waals surface area contributed by atoms with Gasteiger partial charge in [0.2, 0.25) is 0 Å². The molecule has 4 nitrogen and oxygen atoms in total. The minimum absolute atomic E-state index is 0.111. The van der Waals surface area contributed by atoms with Crippen LogP contribution in [-0.2, 0) is 0 Å². The lowest BCUT2D eigenvalue weighted by Crippen LogP contribution is -2.23. The molecule has 0 bridgehead atoms. The topological polar surface area (TPSA) is 90.9 Å². The first-order chi connectivity index (χ1) is 5.13. The van der Waals surface area contributed by atoms with Crippen LogP contribution < -0.4 is 17.2 Å². The summed E-state index contributed by atoms with van der Waals surface area (Å²) < 4.78 is 12.8. The number of anilines is 1. The van der Waals surface area contributed by atoms with E-state index in [4.69, 9.17) is 17.2 Å². The van der Waals surface area contributed by atoms with Crippen LogP contribution in [0.3, 0.4) is 0 Å². The molecule has 0 radical (unpaired) electrons. The Morgan fingerprint density at radius 2 is 2.00 bits per heavy atom. The Morgan fingerprint density at radius 3 is 2.36 bits per heavy atom. The summed E-state index contributed by atoms with van der Waals surface area (Å²) in [5.41, 5.74) is 16.1. The summed E-state index contributed by atoms with van der Waals surface area (Å²) in [6.45, 7) is 0. The molecule has 0 saturated heterocycles. The molecule has 0 unspecified atom stereocenters. The van der Waals surface area contributed by atoms with Gasteiger partial charge in [0.15, 0.2) is 0 Å². The molecule has 1 rings (SSSR count). The number of hydrogen-bond donors (Lipinski definition) is 3. The van der Waals surface area contributed by atoms with Crippen LogP contribution in [-0.4, -0.2) is 4.98 Å². The highest BCUT2D eigenvalue weighted by Crippen LogP contribution is 2.16. The van der Waals surface area contributed by atoms with E-state index in [0.29, 0.717) is 0 Å². The number of nitrogen functional groups attached to an aromatic ring is 1. The van der Waals surface area contributed by atoms with E-state index in [1.54, 1.807) is 0 Å². The van der Waals surface area contributed by atoms with Crippen LogP contribution >= 0.6 is 0 Å². The fourth-order valence-corrected chi connectivity index (χ4v) is 0.812. The predicted molar refractivity (Wildman–Crippen MR) is 39.7 cm³/mol. The lowest BCUT2D eigenvalue weighted by molar-refractivity contribution is 0.583. The first-order valence-electron chi connectivity index (χ1n) is 3.03. The minimum Gasteiger partial charge on any atom is -0.397 e. The van der Waals surface area contributed by atoms with Gasteiger partial charge in [-0.25, -0.2) is 4.39 Å². The average molecular weight is 156 g/mol. The van der Waals surface area contributed by atoms with Crippen LogP contribution in [0, 0.1) is 5.82 Å². The van der Waals surface area contributed by atoms with Gasteiger partial charge in [-0.2, -0.15) is 0 Å². The van der Waals surface area contributed by atoms with E-state index >= 15 is 0 Å². The molecular weight excluding hydrogens is 147 g/mol. The Morgan fingerprint density at radius 1 is 1.36 bits per heavy atom. The lowest BCUT2D eigenvalue weighted by atomic mass is 10.2. The predicted octanol–water partition coefficient (Wildman–Crippen LogP) is -0.281. The van der Waals surface area contributed by atoms with Crippen LogP contribution in [0.1, 0.15) is 11.7 Å². The molecule has 1 heterocycles. The normalized spacial score (nSPS) is 10.5. The van der Waals surface area contributed by atoms with E-state index in [1.165, 1.54) is 6.20 Å². The van der Waals surface area contributed by atoms with Crippen molar-refractivity contribution in [3.8, 4) is 0 Å². The molecule has 0 fully saturated rings. The fraction of sp³-hybridized carbons (Fsp3) is 0.167. The molecule has 6 N–H and O–H groups in total. The summed E-state index contributed by atoms with van der Waals surface area (Å²) in [6.07, 6.45) is 1.45. The van der Waals surface area contributed by atoms with E-state index in [0.717, 1.165) is 6.20 Å². The minimum atomic E-state index is -0.891. The molecule has 0 aliphatic rings. The number of aromatic nitrogens is 1. The molecule has 11 heavy (non-hydrogen) atoms. The van der Waals surface area contributed by atoms with Crippen molar-refractivity contribution in [1.82, 2.24) is 4.98 Å². The van der Waals surface area contributed by atoms with Crippen molar-refractivity contribution in [2.24, 2.45) is 11.5 Å². The van der Waals surface area contributed by atoms with E-state index in [-0.39, 0.29) is 11.3 Å². The monoisotopic (exact) mass is 156 g/mol. The van der Waals surface area contributed by atoms with Gasteiger partial charge in [0.05, 0.1) is 24.2 Å². The van der Waals surface area contributed by atoms with Crippen molar-refractivity contribution in [1.29, 1.82) is 0 Å². The second-order valence-corrected chi connectivity index (χ2v) is 2.15. The number of pyridine rings is 1. The van der Waals surface area contributed by atoms with Crippen molar-refractivity contribution >= 4 is 5.69 Å². The smallest absolute Gasteiger partial charge is 0.149 e. The molecule has 0 spiro atoms. The first-order valence-corrected chi connectivity index (χ1v) is 3.03. The van der Waals surface area contributed by atoms with Crippen molar-refractivity contribution in [3.63, 3.8) is 0 Å². The highest BCUT2D eigenvalue weighted by Gasteiger charge is 2.10. The number of nitrogens with zero attached hydrogens (tertiary/aromatic N) is 1. The second-order valence-electron chi connectivity index (χ2n) is 2.15. The average Bonchev–Trinajstić information content (AvgIpc) is 1.85. The molecule has 1 aromatic heterocycles. The molecule has 0 aliphatic carbocycles. The van der Waals surface area contributed by atoms with Crippen LogP contribution in [0.5, 0.6) is 0 Å². The van der Waals surface area contributed by atoms with Crippen LogP contribution in [0.25, 0.3) is 0 Å². The molecule has 5 heteroatoms. The maximum absolute atomic E-state index is 12.8. The van der Waals surface area contributed by atoms with E-state index in [1.807, 2.05) is 0 Å². The molecule has 1 aromatic rings. The van der Waals surface area contributed by atoms with Crippen LogP contribution in [0.4, 0.5) is 10.1 Å². The van der Waals surface area contributed by atoms with Crippen molar-refractivity contribution in [3.05, 3.63) is 23.8 Å². The van der Waals surface area contributed by atoms with Gasteiger partial charge >= 0.3 is 0 Å². The second kappa shape index (κ2) is 2.81. The van der Waals surface area contributed by atoms with E-state index < -0.39 is 12.0 Å². The Kier molecular flexibility index (Phi) is 2.02. The summed E-state index contributed by atoms with van der Waals surface area (Å²) in [6, 6.07) is 0. The van der Waals surface area contributed by atoms with Gasteiger partial charge in [-0.3, -0.25) is 4.98 Å². The largest absolute Gasteiger partial charge is 0.397 e. The van der Waals surface area contributed by atoms with Gasteiger partial charge in [-0.1, -0.05) is 0 Å². The molecule has 0 atom stereocenters. The zero-order valence-electron chi connectivity index (χ0n) is 5.79. The Bertz CT molecular complexity index is 241. The zero-order valence-corrected chi connectivity index (χ0v) is 5.79. The summed E-state index contributed by atoms with van der Waals surface area (Å²) in [5.74, 6) is -0.569. The summed E-state index contributed by atoms with van der Waals surface area (Å²) in [4.78, 5) is 3.52. The fourth-order valence-electron chi connectivity index (χ4n) is 0.812. The molecule has 0 aliphatic heterocycles. The Balaban J connectivity index is 3.21. The van der Waals surface area contributed by atoms with Gasteiger partial charge < -0.3 is 17.2 Å². The molecule has 0 amide bonds. The first kappa shape index (κ1) is 7.90. The molecule has 0 aromatic carbocycles. The van der Waals surface area contributed by atoms with E-state index in [9.17, 15) is 4.39 Å².